The zero-order valence-corrected chi connectivity index (χ0v) is 20.5. The number of rotatable bonds is 18. The van der Waals surface area contributed by atoms with Gasteiger partial charge in [-0.05, 0) is 75.6 Å². The summed E-state index contributed by atoms with van der Waals surface area (Å²) in [7, 11) is 0. The lowest BCUT2D eigenvalue weighted by Crippen LogP contribution is -2.03. The molecule has 2 aromatic rings. The van der Waals surface area contributed by atoms with Crippen molar-refractivity contribution in [3.63, 3.8) is 0 Å². The van der Waals surface area contributed by atoms with Gasteiger partial charge in [-0.15, -0.1) is 0 Å². The van der Waals surface area contributed by atoms with Crippen LogP contribution in [-0.2, 0) is 16.0 Å². The van der Waals surface area contributed by atoms with Crippen molar-refractivity contribution in [2.45, 2.75) is 103 Å². The molecule has 1 heterocycles. The van der Waals surface area contributed by atoms with Crippen LogP contribution in [0.3, 0.4) is 0 Å². The van der Waals surface area contributed by atoms with Gasteiger partial charge in [0.25, 0.3) is 0 Å². The van der Waals surface area contributed by atoms with E-state index in [9.17, 15) is 9.59 Å². The van der Waals surface area contributed by atoms with Gasteiger partial charge in [0.2, 0.25) is 0 Å². The Morgan fingerprint density at radius 3 is 2.15 bits per heavy atom. The minimum atomic E-state index is -0.290. The maximum atomic E-state index is 11.3. The van der Waals surface area contributed by atoms with E-state index in [0.29, 0.717) is 18.6 Å². The predicted molar refractivity (Wildman–Crippen MR) is 137 cm³/mol. The number of benzene rings is 1. The maximum Gasteiger partial charge on any atom is 0.336 e. The van der Waals surface area contributed by atoms with Gasteiger partial charge in [0, 0.05) is 17.9 Å². The number of esters is 1. The molecule has 4 heteroatoms. The van der Waals surface area contributed by atoms with Crippen LogP contribution >= 0.6 is 0 Å². The second-order valence-corrected chi connectivity index (χ2v) is 8.87. The summed E-state index contributed by atoms with van der Waals surface area (Å²) >= 11 is 0. The Kier molecular flexibility index (Phi) is 14.0. The second-order valence-electron chi connectivity index (χ2n) is 8.87. The standard InChI is InChI=1S/C29H42O4/c1-2-32-28(30)19-17-15-13-11-9-7-5-3-4-6-8-10-12-14-16-18-25-20-22-27-26(24-25)21-23-29(31)33-27/h3,5,20-24H,2,4,6-19H2,1H3/b5-3-. The second kappa shape index (κ2) is 17.2. The van der Waals surface area contributed by atoms with Crippen LogP contribution in [0.15, 0.2) is 51.7 Å². The molecule has 0 unspecified atom stereocenters. The summed E-state index contributed by atoms with van der Waals surface area (Å²) in [6.45, 7) is 2.34. The van der Waals surface area contributed by atoms with Gasteiger partial charge in [0.15, 0.2) is 0 Å². The number of carbonyl (C=O) groups is 1. The molecule has 0 fully saturated rings. The number of aryl methyl sites for hydroxylation is 1. The van der Waals surface area contributed by atoms with Crippen molar-refractivity contribution in [1.82, 2.24) is 0 Å². The molecule has 1 aromatic heterocycles. The fraction of sp³-hybridized carbons (Fsp3) is 0.586. The van der Waals surface area contributed by atoms with E-state index >= 15 is 0 Å². The third-order valence-electron chi connectivity index (χ3n) is 5.99. The number of hydrogen-bond donors (Lipinski definition) is 0. The maximum absolute atomic E-state index is 11.3. The van der Waals surface area contributed by atoms with Crippen molar-refractivity contribution < 1.29 is 13.9 Å². The van der Waals surface area contributed by atoms with Gasteiger partial charge in [0.1, 0.15) is 5.58 Å². The van der Waals surface area contributed by atoms with Crippen LogP contribution in [-0.4, -0.2) is 12.6 Å². The van der Waals surface area contributed by atoms with Crippen molar-refractivity contribution >= 4 is 16.9 Å². The normalized spacial score (nSPS) is 11.4. The van der Waals surface area contributed by atoms with E-state index in [4.69, 9.17) is 9.15 Å². The van der Waals surface area contributed by atoms with Gasteiger partial charge in [-0.25, -0.2) is 4.79 Å². The number of carbonyl (C=O) groups excluding carboxylic acids is 1. The van der Waals surface area contributed by atoms with Crippen LogP contribution in [0.25, 0.3) is 11.0 Å². The first-order valence-corrected chi connectivity index (χ1v) is 13.0. The van der Waals surface area contributed by atoms with Crippen LogP contribution in [0.4, 0.5) is 0 Å². The Labute approximate surface area is 199 Å². The van der Waals surface area contributed by atoms with E-state index in [1.165, 1.54) is 82.3 Å². The Bertz CT molecular complexity index is 881. The Balaban J connectivity index is 1.36. The first kappa shape index (κ1) is 26.9. The van der Waals surface area contributed by atoms with E-state index < -0.39 is 0 Å². The van der Waals surface area contributed by atoms with Crippen LogP contribution in [0, 0.1) is 0 Å². The molecule has 0 aliphatic rings. The number of fused-ring (bicyclic) bond motifs is 1. The molecule has 1 aromatic carbocycles. The highest BCUT2D eigenvalue weighted by atomic mass is 16.5. The Hall–Kier alpha value is -2.36. The minimum Gasteiger partial charge on any atom is -0.466 e. The zero-order chi connectivity index (χ0) is 23.6. The lowest BCUT2D eigenvalue weighted by molar-refractivity contribution is -0.143. The van der Waals surface area contributed by atoms with Crippen LogP contribution in [0.5, 0.6) is 0 Å². The zero-order valence-electron chi connectivity index (χ0n) is 20.5. The molecule has 0 saturated heterocycles. The van der Waals surface area contributed by atoms with Crippen molar-refractivity contribution in [1.29, 1.82) is 0 Å². The molecule has 0 aliphatic carbocycles. The largest absolute Gasteiger partial charge is 0.466 e. The van der Waals surface area contributed by atoms with E-state index in [1.54, 1.807) is 0 Å². The highest BCUT2D eigenvalue weighted by Crippen LogP contribution is 2.17. The molecule has 33 heavy (non-hydrogen) atoms. The monoisotopic (exact) mass is 454 g/mol. The fourth-order valence-electron chi connectivity index (χ4n) is 4.11. The molecular formula is C29H42O4. The Morgan fingerprint density at radius 1 is 0.818 bits per heavy atom. The lowest BCUT2D eigenvalue weighted by Gasteiger charge is -2.04. The number of ether oxygens (including phenoxy) is 1. The van der Waals surface area contributed by atoms with Gasteiger partial charge in [-0.2, -0.15) is 0 Å². The van der Waals surface area contributed by atoms with Crippen molar-refractivity contribution in [3.8, 4) is 0 Å². The number of unbranched alkanes of at least 4 members (excludes halogenated alkanes) is 11. The molecule has 0 spiro atoms. The van der Waals surface area contributed by atoms with E-state index in [-0.39, 0.29) is 11.6 Å². The first-order chi connectivity index (χ1) is 16.2. The molecular weight excluding hydrogens is 412 g/mol. The van der Waals surface area contributed by atoms with Gasteiger partial charge in [-0.1, -0.05) is 63.2 Å². The van der Waals surface area contributed by atoms with Crippen LogP contribution in [0.1, 0.15) is 102 Å². The molecule has 0 amide bonds. The smallest absolute Gasteiger partial charge is 0.336 e. The summed E-state index contributed by atoms with van der Waals surface area (Å²) in [6.07, 6.45) is 22.3. The molecule has 0 radical (unpaired) electrons. The summed E-state index contributed by atoms with van der Waals surface area (Å²) < 4.78 is 10.1. The first-order valence-electron chi connectivity index (χ1n) is 13.0. The molecule has 0 atom stereocenters. The van der Waals surface area contributed by atoms with Crippen LogP contribution < -0.4 is 5.63 Å². The third kappa shape index (κ3) is 12.5. The predicted octanol–water partition coefficient (Wildman–Crippen LogP) is 7.92. The summed E-state index contributed by atoms with van der Waals surface area (Å²) in [6, 6.07) is 9.45. The fourth-order valence-corrected chi connectivity index (χ4v) is 4.11. The number of hydrogen-bond acceptors (Lipinski definition) is 4. The Morgan fingerprint density at radius 2 is 1.45 bits per heavy atom. The average molecular weight is 455 g/mol. The number of allylic oxidation sites excluding steroid dienone is 2. The van der Waals surface area contributed by atoms with E-state index in [2.05, 4.69) is 24.3 Å². The molecule has 2 rings (SSSR count). The molecule has 0 bridgehead atoms. The highest BCUT2D eigenvalue weighted by Gasteiger charge is 2.01. The highest BCUT2D eigenvalue weighted by molar-refractivity contribution is 5.76. The molecule has 0 aliphatic heterocycles. The molecule has 0 saturated carbocycles. The SMILES string of the molecule is CCOC(=O)CCCCCCC/C=C\CCCCCCCCc1ccc2oc(=O)ccc2c1. The van der Waals surface area contributed by atoms with E-state index in [1.807, 2.05) is 19.1 Å². The summed E-state index contributed by atoms with van der Waals surface area (Å²) in [4.78, 5) is 22.5. The molecule has 4 nitrogen and oxygen atoms in total. The van der Waals surface area contributed by atoms with Gasteiger partial charge >= 0.3 is 11.6 Å². The summed E-state index contributed by atoms with van der Waals surface area (Å²) in [5.41, 5.74) is 1.70. The lowest BCUT2D eigenvalue weighted by atomic mass is 10.0. The topological polar surface area (TPSA) is 56.5 Å². The van der Waals surface area contributed by atoms with Crippen molar-refractivity contribution in [2.24, 2.45) is 0 Å². The third-order valence-corrected chi connectivity index (χ3v) is 5.99. The average Bonchev–Trinajstić information content (AvgIpc) is 2.81. The van der Waals surface area contributed by atoms with Gasteiger partial charge < -0.3 is 9.15 Å². The van der Waals surface area contributed by atoms with Gasteiger partial charge in [0.05, 0.1) is 6.61 Å². The van der Waals surface area contributed by atoms with E-state index in [0.717, 1.165) is 24.6 Å². The quantitative estimate of drug-likeness (QED) is 0.0993. The summed E-state index contributed by atoms with van der Waals surface area (Å²) in [5, 5.41) is 1.01. The van der Waals surface area contributed by atoms with Crippen LogP contribution in [0.2, 0.25) is 0 Å². The van der Waals surface area contributed by atoms with Crippen molar-refractivity contribution in [3.05, 3.63) is 58.5 Å². The minimum absolute atomic E-state index is 0.0557. The molecule has 182 valence electrons. The summed E-state index contributed by atoms with van der Waals surface area (Å²) in [5.74, 6) is -0.0557. The van der Waals surface area contributed by atoms with Crippen molar-refractivity contribution in [2.75, 3.05) is 6.61 Å². The van der Waals surface area contributed by atoms with Gasteiger partial charge in [-0.3, -0.25) is 4.79 Å². The molecule has 0 N–H and O–H groups in total.